The lowest BCUT2D eigenvalue weighted by molar-refractivity contribution is -0.0555. The first-order valence-corrected chi connectivity index (χ1v) is 10.1. The Labute approximate surface area is 146 Å². The molecule has 2 unspecified atom stereocenters. The standard InChI is InChI=1S/C17H21NO4S2/c1-12-4-5-15(21-3)17(8-12)24(19,20)18-9-13(2)22-16(10-18)14-6-7-23-11-14/h4-8,11,13,16H,9-10H2,1-3H3. The van der Waals surface area contributed by atoms with Gasteiger partial charge in [-0.25, -0.2) is 8.42 Å². The van der Waals surface area contributed by atoms with E-state index in [-0.39, 0.29) is 17.1 Å². The Bertz CT molecular complexity index is 802. The van der Waals surface area contributed by atoms with Gasteiger partial charge in [0.25, 0.3) is 0 Å². The van der Waals surface area contributed by atoms with Crippen molar-refractivity contribution >= 4 is 21.4 Å². The average Bonchev–Trinajstić information content (AvgIpc) is 3.08. The maximum atomic E-state index is 13.2. The van der Waals surface area contributed by atoms with Crippen LogP contribution in [-0.2, 0) is 14.8 Å². The molecule has 0 radical (unpaired) electrons. The van der Waals surface area contributed by atoms with Crippen LogP contribution in [0.5, 0.6) is 5.75 Å². The van der Waals surface area contributed by atoms with Gasteiger partial charge in [-0.2, -0.15) is 15.6 Å². The minimum Gasteiger partial charge on any atom is -0.495 e. The maximum Gasteiger partial charge on any atom is 0.246 e. The molecular weight excluding hydrogens is 346 g/mol. The first kappa shape index (κ1) is 17.4. The number of rotatable bonds is 4. The fourth-order valence-electron chi connectivity index (χ4n) is 2.88. The molecule has 1 aliphatic heterocycles. The summed E-state index contributed by atoms with van der Waals surface area (Å²) in [7, 11) is -2.17. The number of aryl methyl sites for hydroxylation is 1. The molecule has 3 rings (SSSR count). The molecule has 0 bridgehead atoms. The summed E-state index contributed by atoms with van der Waals surface area (Å²) < 4.78 is 39.1. The summed E-state index contributed by atoms with van der Waals surface area (Å²) in [4.78, 5) is 0.211. The average molecular weight is 367 g/mol. The lowest BCUT2D eigenvalue weighted by atomic mass is 10.1. The van der Waals surface area contributed by atoms with Crippen LogP contribution in [-0.4, -0.2) is 39.0 Å². The third-order valence-electron chi connectivity index (χ3n) is 4.08. The van der Waals surface area contributed by atoms with Crippen LogP contribution in [0.1, 0.15) is 24.2 Å². The summed E-state index contributed by atoms with van der Waals surface area (Å²) in [6.07, 6.45) is -0.417. The molecule has 1 fully saturated rings. The minimum atomic E-state index is -3.65. The van der Waals surface area contributed by atoms with E-state index in [1.54, 1.807) is 23.5 Å². The van der Waals surface area contributed by atoms with Gasteiger partial charge >= 0.3 is 0 Å². The van der Waals surface area contributed by atoms with E-state index >= 15 is 0 Å². The minimum absolute atomic E-state index is 0.172. The number of morpholine rings is 1. The number of benzene rings is 1. The highest BCUT2D eigenvalue weighted by molar-refractivity contribution is 7.89. The van der Waals surface area contributed by atoms with Crippen molar-refractivity contribution in [1.82, 2.24) is 4.31 Å². The predicted octanol–water partition coefficient (Wildman–Crippen LogP) is 3.22. The largest absolute Gasteiger partial charge is 0.495 e. The summed E-state index contributed by atoms with van der Waals surface area (Å²) >= 11 is 1.58. The van der Waals surface area contributed by atoms with Gasteiger partial charge < -0.3 is 9.47 Å². The molecule has 130 valence electrons. The quantitative estimate of drug-likeness (QED) is 0.833. The molecule has 2 heterocycles. The topological polar surface area (TPSA) is 55.8 Å². The zero-order valence-electron chi connectivity index (χ0n) is 13.9. The lowest BCUT2D eigenvalue weighted by Crippen LogP contribution is -2.45. The summed E-state index contributed by atoms with van der Waals surface area (Å²) in [5.74, 6) is 0.367. The molecule has 2 aromatic rings. The monoisotopic (exact) mass is 367 g/mol. The summed E-state index contributed by atoms with van der Waals surface area (Å²) in [6, 6.07) is 7.18. The summed E-state index contributed by atoms with van der Waals surface area (Å²) in [5, 5.41) is 3.97. The molecule has 1 saturated heterocycles. The van der Waals surface area contributed by atoms with E-state index in [2.05, 4.69) is 0 Å². The van der Waals surface area contributed by atoms with Crippen molar-refractivity contribution in [3.63, 3.8) is 0 Å². The Morgan fingerprint density at radius 1 is 1.29 bits per heavy atom. The second-order valence-corrected chi connectivity index (χ2v) is 8.65. The van der Waals surface area contributed by atoms with Gasteiger partial charge in [0.2, 0.25) is 10.0 Å². The summed E-state index contributed by atoms with van der Waals surface area (Å²) in [5.41, 5.74) is 1.90. The van der Waals surface area contributed by atoms with E-state index in [1.165, 1.54) is 11.4 Å². The van der Waals surface area contributed by atoms with Crippen LogP contribution in [0.3, 0.4) is 0 Å². The van der Waals surface area contributed by atoms with E-state index < -0.39 is 10.0 Å². The van der Waals surface area contributed by atoms with Crippen molar-refractivity contribution in [2.75, 3.05) is 20.2 Å². The van der Waals surface area contributed by atoms with E-state index in [9.17, 15) is 8.42 Å². The SMILES string of the molecule is COc1ccc(C)cc1S(=O)(=O)N1CC(C)OC(c2ccsc2)C1. The molecular formula is C17H21NO4S2. The van der Waals surface area contributed by atoms with Gasteiger partial charge in [0.05, 0.1) is 19.3 Å². The zero-order valence-corrected chi connectivity index (χ0v) is 15.6. The third kappa shape index (κ3) is 3.35. The predicted molar refractivity (Wildman–Crippen MR) is 94.1 cm³/mol. The first-order valence-electron chi connectivity index (χ1n) is 7.74. The number of hydrogen-bond donors (Lipinski definition) is 0. The second-order valence-electron chi connectivity index (χ2n) is 5.97. The molecule has 1 aliphatic rings. The maximum absolute atomic E-state index is 13.2. The van der Waals surface area contributed by atoms with Crippen molar-refractivity contribution in [2.45, 2.75) is 31.0 Å². The number of thiophene rings is 1. The highest BCUT2D eigenvalue weighted by atomic mass is 32.2. The van der Waals surface area contributed by atoms with Gasteiger partial charge in [0, 0.05) is 13.1 Å². The highest BCUT2D eigenvalue weighted by Crippen LogP contribution is 2.33. The fourth-order valence-corrected chi connectivity index (χ4v) is 5.33. The van der Waals surface area contributed by atoms with Crippen LogP contribution in [0.4, 0.5) is 0 Å². The Morgan fingerprint density at radius 3 is 2.75 bits per heavy atom. The fraction of sp³-hybridized carbons (Fsp3) is 0.412. The van der Waals surface area contributed by atoms with Crippen molar-refractivity contribution in [3.05, 3.63) is 46.2 Å². The van der Waals surface area contributed by atoms with Gasteiger partial charge in [0.1, 0.15) is 10.6 Å². The molecule has 0 aliphatic carbocycles. The lowest BCUT2D eigenvalue weighted by Gasteiger charge is -2.36. The van der Waals surface area contributed by atoms with Crippen molar-refractivity contribution < 1.29 is 17.9 Å². The Morgan fingerprint density at radius 2 is 2.08 bits per heavy atom. The molecule has 7 heteroatoms. The zero-order chi connectivity index (χ0) is 17.3. The normalized spacial score (nSPS) is 22.5. The Hall–Kier alpha value is -1.41. The molecule has 0 amide bonds. The highest BCUT2D eigenvalue weighted by Gasteiger charge is 2.36. The Balaban J connectivity index is 1.95. The number of sulfonamides is 1. The second kappa shape index (κ2) is 6.84. The van der Waals surface area contributed by atoms with Gasteiger partial charge in [0.15, 0.2) is 0 Å². The van der Waals surface area contributed by atoms with E-state index in [1.807, 2.05) is 36.7 Å². The van der Waals surface area contributed by atoms with Crippen LogP contribution in [0.15, 0.2) is 39.9 Å². The van der Waals surface area contributed by atoms with Crippen molar-refractivity contribution in [1.29, 1.82) is 0 Å². The molecule has 1 aromatic heterocycles. The number of hydrogen-bond acceptors (Lipinski definition) is 5. The van der Waals surface area contributed by atoms with E-state index in [0.717, 1.165) is 11.1 Å². The van der Waals surface area contributed by atoms with Crippen LogP contribution in [0.25, 0.3) is 0 Å². The van der Waals surface area contributed by atoms with Crippen LogP contribution in [0, 0.1) is 6.92 Å². The number of methoxy groups -OCH3 is 1. The molecule has 0 N–H and O–H groups in total. The van der Waals surface area contributed by atoms with Gasteiger partial charge in [-0.1, -0.05) is 6.07 Å². The first-order chi connectivity index (χ1) is 11.4. The molecule has 5 nitrogen and oxygen atoms in total. The molecule has 2 atom stereocenters. The molecule has 0 saturated carbocycles. The van der Waals surface area contributed by atoms with Gasteiger partial charge in [-0.3, -0.25) is 0 Å². The molecule has 24 heavy (non-hydrogen) atoms. The Kier molecular flexibility index (Phi) is 4.96. The van der Waals surface area contributed by atoms with Crippen LogP contribution < -0.4 is 4.74 Å². The van der Waals surface area contributed by atoms with E-state index in [0.29, 0.717) is 18.8 Å². The van der Waals surface area contributed by atoms with Crippen LogP contribution in [0.2, 0.25) is 0 Å². The van der Waals surface area contributed by atoms with E-state index in [4.69, 9.17) is 9.47 Å². The molecule has 0 spiro atoms. The number of ether oxygens (including phenoxy) is 2. The van der Waals surface area contributed by atoms with Crippen molar-refractivity contribution in [3.8, 4) is 5.75 Å². The van der Waals surface area contributed by atoms with Gasteiger partial charge in [-0.15, -0.1) is 0 Å². The van der Waals surface area contributed by atoms with Gasteiger partial charge in [-0.05, 0) is 53.9 Å². The van der Waals surface area contributed by atoms with Crippen molar-refractivity contribution in [2.24, 2.45) is 0 Å². The smallest absolute Gasteiger partial charge is 0.246 e. The number of nitrogens with zero attached hydrogens (tertiary/aromatic N) is 1. The third-order valence-corrected chi connectivity index (χ3v) is 6.63. The summed E-state index contributed by atoms with van der Waals surface area (Å²) in [6.45, 7) is 4.41. The molecule has 1 aromatic carbocycles. The van der Waals surface area contributed by atoms with Crippen LogP contribution >= 0.6 is 11.3 Å².